The molecule has 1 rings (SSSR count). The Morgan fingerprint density at radius 1 is 1.22 bits per heavy atom. The van der Waals surface area contributed by atoms with Crippen LogP contribution in [0.5, 0.6) is 0 Å². The van der Waals surface area contributed by atoms with Crippen LogP contribution in [0.4, 0.5) is 4.79 Å². The van der Waals surface area contributed by atoms with Gasteiger partial charge in [-0.05, 0) is 38.0 Å². The van der Waals surface area contributed by atoms with Gasteiger partial charge in [-0.2, -0.15) is 4.31 Å². The standard InChI is InChI=1S/C15H22N2O5S/c1-5-17(10-14(18)16-15(19)22-6-2)23(20,21)13-9-11(3)7-8-12(13)4/h7-9H,5-6,10H2,1-4H3,(H,16,18,19). The number of amides is 2. The highest BCUT2D eigenvalue weighted by Crippen LogP contribution is 2.21. The van der Waals surface area contributed by atoms with Crippen molar-refractivity contribution in [3.63, 3.8) is 0 Å². The summed E-state index contributed by atoms with van der Waals surface area (Å²) in [6.45, 7) is 6.49. The van der Waals surface area contributed by atoms with E-state index in [1.165, 1.54) is 0 Å². The average Bonchev–Trinajstić information content (AvgIpc) is 2.47. The molecule has 128 valence electrons. The number of ether oxygens (including phenoxy) is 1. The molecule has 0 aromatic heterocycles. The number of carbonyl (C=O) groups excluding carboxylic acids is 2. The van der Waals surface area contributed by atoms with Gasteiger partial charge in [0.2, 0.25) is 15.9 Å². The second-order valence-corrected chi connectivity index (χ2v) is 6.88. The van der Waals surface area contributed by atoms with Crippen molar-refractivity contribution in [3.05, 3.63) is 29.3 Å². The van der Waals surface area contributed by atoms with Gasteiger partial charge in [-0.15, -0.1) is 0 Å². The SMILES string of the molecule is CCOC(=O)NC(=O)CN(CC)S(=O)(=O)c1cc(C)ccc1C. The predicted octanol–water partition coefficient (Wildman–Crippen LogP) is 1.59. The van der Waals surface area contributed by atoms with E-state index in [-0.39, 0.29) is 18.0 Å². The third-order valence-corrected chi connectivity index (χ3v) is 5.21. The fourth-order valence-electron chi connectivity index (χ4n) is 1.97. The van der Waals surface area contributed by atoms with E-state index >= 15 is 0 Å². The highest BCUT2D eigenvalue weighted by Gasteiger charge is 2.27. The molecule has 23 heavy (non-hydrogen) atoms. The van der Waals surface area contributed by atoms with Crippen molar-refractivity contribution >= 4 is 22.0 Å². The average molecular weight is 342 g/mol. The first-order valence-electron chi connectivity index (χ1n) is 7.26. The molecule has 0 aliphatic carbocycles. The Hall–Kier alpha value is -1.93. The van der Waals surface area contributed by atoms with Gasteiger partial charge in [-0.25, -0.2) is 13.2 Å². The van der Waals surface area contributed by atoms with Crippen molar-refractivity contribution in [2.45, 2.75) is 32.6 Å². The summed E-state index contributed by atoms with van der Waals surface area (Å²) in [5.74, 6) is -0.737. The van der Waals surface area contributed by atoms with E-state index in [0.717, 1.165) is 9.87 Å². The highest BCUT2D eigenvalue weighted by atomic mass is 32.2. The van der Waals surface area contributed by atoms with E-state index in [4.69, 9.17) is 0 Å². The lowest BCUT2D eigenvalue weighted by atomic mass is 10.2. The Morgan fingerprint density at radius 2 is 1.87 bits per heavy atom. The van der Waals surface area contributed by atoms with Crippen LogP contribution in [0.25, 0.3) is 0 Å². The predicted molar refractivity (Wildman–Crippen MR) is 85.5 cm³/mol. The van der Waals surface area contributed by atoms with Crippen LogP contribution in [-0.2, 0) is 19.6 Å². The molecule has 7 nitrogen and oxygen atoms in total. The minimum absolute atomic E-state index is 0.103. The molecule has 0 fully saturated rings. The van der Waals surface area contributed by atoms with Crippen molar-refractivity contribution < 1.29 is 22.7 Å². The first-order valence-corrected chi connectivity index (χ1v) is 8.70. The Kier molecular flexibility index (Phi) is 6.71. The summed E-state index contributed by atoms with van der Waals surface area (Å²) in [7, 11) is -3.83. The molecule has 0 saturated carbocycles. The lowest BCUT2D eigenvalue weighted by Gasteiger charge is -2.21. The Labute approximate surface area is 136 Å². The number of imide groups is 1. The van der Waals surface area contributed by atoms with Crippen LogP contribution in [0.3, 0.4) is 0 Å². The van der Waals surface area contributed by atoms with Crippen LogP contribution < -0.4 is 5.32 Å². The molecule has 0 unspecified atom stereocenters. The maximum absolute atomic E-state index is 12.7. The van der Waals surface area contributed by atoms with Crippen LogP contribution in [0.15, 0.2) is 23.1 Å². The van der Waals surface area contributed by atoms with Crippen molar-refractivity contribution in [1.82, 2.24) is 9.62 Å². The molecule has 0 saturated heterocycles. The van der Waals surface area contributed by atoms with Gasteiger partial charge in [0, 0.05) is 6.54 Å². The maximum Gasteiger partial charge on any atom is 0.413 e. The molecule has 0 spiro atoms. The number of sulfonamides is 1. The molecule has 0 aliphatic heterocycles. The number of hydrogen-bond acceptors (Lipinski definition) is 5. The van der Waals surface area contributed by atoms with Crippen molar-refractivity contribution in [2.24, 2.45) is 0 Å². The van der Waals surface area contributed by atoms with E-state index in [0.29, 0.717) is 5.56 Å². The van der Waals surface area contributed by atoms with Crippen molar-refractivity contribution in [2.75, 3.05) is 19.7 Å². The zero-order valence-corrected chi connectivity index (χ0v) is 14.6. The van der Waals surface area contributed by atoms with Crippen LogP contribution >= 0.6 is 0 Å². The summed E-state index contributed by atoms with van der Waals surface area (Å²) in [6.07, 6.45) is -0.891. The van der Waals surface area contributed by atoms with E-state index in [2.05, 4.69) is 4.74 Å². The summed E-state index contributed by atoms with van der Waals surface area (Å²) in [5.41, 5.74) is 1.40. The first-order chi connectivity index (χ1) is 10.7. The van der Waals surface area contributed by atoms with Gasteiger partial charge in [-0.1, -0.05) is 19.1 Å². The van der Waals surface area contributed by atoms with Gasteiger partial charge < -0.3 is 4.74 Å². The summed E-state index contributed by atoms with van der Waals surface area (Å²) >= 11 is 0. The van der Waals surface area contributed by atoms with Gasteiger partial charge >= 0.3 is 6.09 Å². The number of rotatable bonds is 6. The molecule has 0 heterocycles. The minimum atomic E-state index is -3.83. The zero-order valence-electron chi connectivity index (χ0n) is 13.8. The Morgan fingerprint density at radius 3 is 2.43 bits per heavy atom. The number of hydrogen-bond donors (Lipinski definition) is 1. The molecular formula is C15H22N2O5S. The summed E-state index contributed by atoms with van der Waals surface area (Å²) in [4.78, 5) is 23.2. The maximum atomic E-state index is 12.7. The number of benzene rings is 1. The molecule has 0 atom stereocenters. The number of carbonyl (C=O) groups is 2. The molecule has 0 aliphatic rings. The molecular weight excluding hydrogens is 320 g/mol. The second kappa shape index (κ2) is 8.07. The van der Waals surface area contributed by atoms with Crippen LogP contribution in [0.1, 0.15) is 25.0 Å². The third kappa shape index (κ3) is 5.04. The van der Waals surface area contributed by atoms with E-state index < -0.39 is 28.6 Å². The number of likely N-dealkylation sites (N-methyl/N-ethyl adjacent to an activating group) is 1. The summed E-state index contributed by atoms with van der Waals surface area (Å²) in [5, 5.41) is 1.99. The minimum Gasteiger partial charge on any atom is -0.450 e. The third-order valence-electron chi connectivity index (χ3n) is 3.15. The van der Waals surface area contributed by atoms with E-state index in [1.54, 1.807) is 39.8 Å². The monoisotopic (exact) mass is 342 g/mol. The van der Waals surface area contributed by atoms with Gasteiger partial charge in [0.1, 0.15) is 0 Å². The van der Waals surface area contributed by atoms with Gasteiger partial charge in [0.25, 0.3) is 0 Å². The van der Waals surface area contributed by atoms with Crippen molar-refractivity contribution in [1.29, 1.82) is 0 Å². The Bertz CT molecular complexity index is 685. The summed E-state index contributed by atoms with van der Waals surface area (Å²) in [6, 6.07) is 5.10. The molecule has 8 heteroatoms. The molecule has 2 amide bonds. The smallest absolute Gasteiger partial charge is 0.413 e. The lowest BCUT2D eigenvalue weighted by Crippen LogP contribution is -2.42. The number of alkyl carbamates (subject to hydrolysis) is 1. The summed E-state index contributed by atoms with van der Waals surface area (Å²) < 4.78 is 31.0. The largest absolute Gasteiger partial charge is 0.450 e. The molecule has 0 bridgehead atoms. The quantitative estimate of drug-likeness (QED) is 0.847. The van der Waals surface area contributed by atoms with Gasteiger partial charge in [0.15, 0.2) is 0 Å². The normalized spacial score (nSPS) is 11.3. The fraction of sp³-hybridized carbons (Fsp3) is 0.467. The highest BCUT2D eigenvalue weighted by molar-refractivity contribution is 7.89. The van der Waals surface area contributed by atoms with Gasteiger partial charge in [-0.3, -0.25) is 10.1 Å². The fourth-order valence-corrected chi connectivity index (χ4v) is 3.69. The molecule has 1 aromatic rings. The van der Waals surface area contributed by atoms with Crippen molar-refractivity contribution in [3.8, 4) is 0 Å². The number of aryl methyl sites for hydroxylation is 2. The second-order valence-electron chi connectivity index (χ2n) is 4.97. The van der Waals surface area contributed by atoms with Gasteiger partial charge in [0.05, 0.1) is 18.0 Å². The first kappa shape index (κ1) is 19.1. The molecule has 1 N–H and O–H groups in total. The number of nitrogens with one attached hydrogen (secondary N) is 1. The Balaban J connectivity index is 2.97. The molecule has 0 radical (unpaired) electrons. The van der Waals surface area contributed by atoms with E-state index in [1.807, 2.05) is 11.4 Å². The van der Waals surface area contributed by atoms with Crippen LogP contribution in [0.2, 0.25) is 0 Å². The lowest BCUT2D eigenvalue weighted by molar-refractivity contribution is -0.120. The zero-order chi connectivity index (χ0) is 17.6. The topological polar surface area (TPSA) is 92.8 Å². The van der Waals surface area contributed by atoms with E-state index in [9.17, 15) is 18.0 Å². The molecule has 1 aromatic carbocycles. The number of nitrogens with zero attached hydrogens (tertiary/aromatic N) is 1. The van der Waals surface area contributed by atoms with Crippen LogP contribution in [-0.4, -0.2) is 44.4 Å². The van der Waals surface area contributed by atoms with Crippen LogP contribution in [0, 0.1) is 13.8 Å².